The van der Waals surface area contributed by atoms with E-state index in [0.29, 0.717) is 11.1 Å². The van der Waals surface area contributed by atoms with E-state index in [-0.39, 0.29) is 30.0 Å². The molecule has 0 saturated heterocycles. The maximum atomic E-state index is 13.8. The molecule has 29 heavy (non-hydrogen) atoms. The van der Waals surface area contributed by atoms with Gasteiger partial charge in [-0.1, -0.05) is 30.3 Å². The third-order valence-electron chi connectivity index (χ3n) is 4.25. The van der Waals surface area contributed by atoms with Crippen LogP contribution in [0, 0.1) is 0 Å². The Bertz CT molecular complexity index is 884. The predicted molar refractivity (Wildman–Crippen MR) is 100 cm³/mol. The number of rotatable bonds is 8. The molecule has 0 fully saturated rings. The summed E-state index contributed by atoms with van der Waals surface area (Å²) < 4.78 is 51.2. The Balaban J connectivity index is 2.80. The van der Waals surface area contributed by atoms with Crippen LogP contribution in [0.4, 0.5) is 13.2 Å². The van der Waals surface area contributed by atoms with E-state index in [0.717, 1.165) is 13.2 Å². The molecule has 0 radical (unpaired) electrons. The van der Waals surface area contributed by atoms with Crippen LogP contribution in [0.3, 0.4) is 0 Å². The van der Waals surface area contributed by atoms with Gasteiger partial charge in [-0.25, -0.2) is 0 Å². The minimum absolute atomic E-state index is 0.00647. The normalized spacial score (nSPS) is 11.2. The van der Waals surface area contributed by atoms with Gasteiger partial charge in [0.25, 0.3) is 0 Å². The van der Waals surface area contributed by atoms with E-state index < -0.39 is 30.0 Å². The Morgan fingerprint density at radius 2 is 1.76 bits per heavy atom. The number of methoxy groups -OCH3 is 2. The van der Waals surface area contributed by atoms with Gasteiger partial charge in [-0.2, -0.15) is 13.2 Å². The van der Waals surface area contributed by atoms with Gasteiger partial charge in [0.15, 0.2) is 0 Å². The molecule has 0 spiro atoms. The second-order valence-electron chi connectivity index (χ2n) is 6.15. The fourth-order valence-electron chi connectivity index (χ4n) is 3.01. The number of carbonyl (C=O) groups is 2. The van der Waals surface area contributed by atoms with Crippen molar-refractivity contribution >= 4 is 11.9 Å². The number of alkyl halides is 3. The number of hydrogen-bond donors (Lipinski definition) is 2. The van der Waals surface area contributed by atoms with Gasteiger partial charge in [0.05, 0.1) is 32.7 Å². The number of benzene rings is 2. The molecule has 0 bridgehead atoms. The fourth-order valence-corrected chi connectivity index (χ4v) is 3.01. The molecule has 0 unspecified atom stereocenters. The summed E-state index contributed by atoms with van der Waals surface area (Å²) in [5, 5.41) is 2.72. The van der Waals surface area contributed by atoms with Crippen molar-refractivity contribution in [1.82, 2.24) is 5.32 Å². The van der Waals surface area contributed by atoms with Crippen molar-refractivity contribution in [2.24, 2.45) is 5.73 Å². The molecule has 0 heterocycles. The molecule has 3 N–H and O–H groups in total. The molecule has 0 saturated carbocycles. The van der Waals surface area contributed by atoms with Gasteiger partial charge in [-0.05, 0) is 22.8 Å². The lowest BCUT2D eigenvalue weighted by Gasteiger charge is -2.23. The summed E-state index contributed by atoms with van der Waals surface area (Å²) in [6.45, 7) is -0.385. The molecular weight excluding hydrogens is 389 g/mol. The van der Waals surface area contributed by atoms with Crippen molar-refractivity contribution in [3.05, 3.63) is 53.1 Å². The Labute approximate surface area is 165 Å². The Morgan fingerprint density at radius 1 is 1.10 bits per heavy atom. The van der Waals surface area contributed by atoms with Crippen LogP contribution >= 0.6 is 0 Å². The Kier molecular flexibility index (Phi) is 7.22. The zero-order valence-electron chi connectivity index (χ0n) is 15.9. The molecule has 2 aromatic carbocycles. The van der Waals surface area contributed by atoms with Gasteiger partial charge in [-0.15, -0.1) is 0 Å². The highest BCUT2D eigenvalue weighted by molar-refractivity contribution is 5.81. The second-order valence-corrected chi connectivity index (χ2v) is 6.15. The van der Waals surface area contributed by atoms with Crippen LogP contribution in [0.15, 0.2) is 36.4 Å². The number of nitrogens with one attached hydrogen (secondary N) is 1. The van der Waals surface area contributed by atoms with E-state index in [1.54, 1.807) is 30.3 Å². The Hall–Kier alpha value is -3.07. The zero-order valence-corrected chi connectivity index (χ0v) is 15.9. The first-order valence-electron chi connectivity index (χ1n) is 8.60. The minimum Gasteiger partial charge on any atom is -0.496 e. The molecule has 0 atom stereocenters. The van der Waals surface area contributed by atoms with Crippen molar-refractivity contribution < 1.29 is 32.2 Å². The van der Waals surface area contributed by atoms with Crippen LogP contribution in [0.1, 0.15) is 16.7 Å². The van der Waals surface area contributed by atoms with Crippen LogP contribution in [0.2, 0.25) is 0 Å². The predicted octanol–water partition coefficient (Wildman–Crippen LogP) is 2.67. The number of esters is 1. The first-order chi connectivity index (χ1) is 13.7. The van der Waals surface area contributed by atoms with Crippen molar-refractivity contribution in [2.75, 3.05) is 20.8 Å². The van der Waals surface area contributed by atoms with Crippen LogP contribution in [-0.2, 0) is 33.5 Å². The highest BCUT2D eigenvalue weighted by atomic mass is 19.4. The molecule has 0 aliphatic heterocycles. The average Bonchev–Trinajstić information content (AvgIpc) is 2.67. The van der Waals surface area contributed by atoms with Gasteiger partial charge in [-0.3, -0.25) is 9.59 Å². The van der Waals surface area contributed by atoms with Crippen molar-refractivity contribution in [3.63, 3.8) is 0 Å². The number of ether oxygens (including phenoxy) is 2. The van der Waals surface area contributed by atoms with Gasteiger partial charge in [0.1, 0.15) is 5.75 Å². The standard InChI is InChI=1S/C20H21F3N2O4/c1-28-16-9-15(20(21,22)23)13(8-18(27)29-2)14(10-25-11-17(24)26)19(16)12-6-4-3-5-7-12/h3-7,9,25H,8,10-11H2,1-2H3,(H2,24,26). The third kappa shape index (κ3) is 5.47. The first kappa shape index (κ1) is 22.2. The molecular formula is C20H21F3N2O4. The smallest absolute Gasteiger partial charge is 0.416 e. The molecule has 1 amide bonds. The number of amides is 1. The summed E-state index contributed by atoms with van der Waals surface area (Å²) in [7, 11) is 2.37. The lowest BCUT2D eigenvalue weighted by molar-refractivity contribution is -0.141. The van der Waals surface area contributed by atoms with Crippen LogP contribution in [-0.4, -0.2) is 32.6 Å². The monoisotopic (exact) mass is 410 g/mol. The summed E-state index contributed by atoms with van der Waals surface area (Å²) >= 11 is 0. The van der Waals surface area contributed by atoms with Crippen LogP contribution in [0.5, 0.6) is 5.75 Å². The molecule has 2 aromatic rings. The summed E-state index contributed by atoms with van der Waals surface area (Å²) in [6.07, 6.45) is -5.33. The fraction of sp³-hybridized carbons (Fsp3) is 0.300. The largest absolute Gasteiger partial charge is 0.496 e. The zero-order chi connectivity index (χ0) is 21.6. The quantitative estimate of drug-likeness (QED) is 0.653. The summed E-state index contributed by atoms with van der Waals surface area (Å²) in [6, 6.07) is 9.52. The number of hydrogen-bond acceptors (Lipinski definition) is 5. The van der Waals surface area contributed by atoms with E-state index >= 15 is 0 Å². The number of nitrogens with two attached hydrogens (primary N) is 1. The average molecular weight is 410 g/mol. The summed E-state index contributed by atoms with van der Waals surface area (Å²) in [5.74, 6) is -1.50. The Morgan fingerprint density at radius 3 is 2.28 bits per heavy atom. The summed E-state index contributed by atoms with van der Waals surface area (Å²) in [5.41, 5.74) is 5.03. The topological polar surface area (TPSA) is 90.7 Å². The maximum absolute atomic E-state index is 13.8. The van der Waals surface area contributed by atoms with Gasteiger partial charge in [0, 0.05) is 12.1 Å². The van der Waals surface area contributed by atoms with E-state index in [1.165, 1.54) is 7.11 Å². The van der Waals surface area contributed by atoms with Gasteiger partial charge < -0.3 is 20.5 Å². The minimum atomic E-state index is -4.73. The lowest BCUT2D eigenvalue weighted by Crippen LogP contribution is -2.29. The highest BCUT2D eigenvalue weighted by Crippen LogP contribution is 2.43. The highest BCUT2D eigenvalue weighted by Gasteiger charge is 2.37. The molecule has 0 aliphatic carbocycles. The SMILES string of the molecule is COC(=O)Cc1c(C(F)(F)F)cc(OC)c(-c2ccccc2)c1CNCC(N)=O. The van der Waals surface area contributed by atoms with Gasteiger partial charge >= 0.3 is 12.1 Å². The molecule has 6 nitrogen and oxygen atoms in total. The molecule has 9 heteroatoms. The van der Waals surface area contributed by atoms with Crippen molar-refractivity contribution in [3.8, 4) is 16.9 Å². The van der Waals surface area contributed by atoms with E-state index in [2.05, 4.69) is 10.1 Å². The number of halogens is 3. The molecule has 156 valence electrons. The lowest BCUT2D eigenvalue weighted by atomic mass is 9.88. The number of primary amides is 1. The number of carbonyl (C=O) groups excluding carboxylic acids is 2. The second kappa shape index (κ2) is 9.42. The summed E-state index contributed by atoms with van der Waals surface area (Å²) in [4.78, 5) is 23.0. The van der Waals surface area contributed by atoms with E-state index in [9.17, 15) is 22.8 Å². The third-order valence-corrected chi connectivity index (χ3v) is 4.25. The molecule has 0 aliphatic rings. The van der Waals surface area contributed by atoms with Crippen LogP contribution < -0.4 is 15.8 Å². The van der Waals surface area contributed by atoms with E-state index in [1.807, 2.05) is 0 Å². The molecule has 2 rings (SSSR count). The van der Waals surface area contributed by atoms with Crippen molar-refractivity contribution in [1.29, 1.82) is 0 Å². The molecule has 0 aromatic heterocycles. The van der Waals surface area contributed by atoms with E-state index in [4.69, 9.17) is 10.5 Å². The first-order valence-corrected chi connectivity index (χ1v) is 8.60. The van der Waals surface area contributed by atoms with Gasteiger partial charge in [0.2, 0.25) is 5.91 Å². The maximum Gasteiger partial charge on any atom is 0.416 e. The van der Waals surface area contributed by atoms with Crippen molar-refractivity contribution in [2.45, 2.75) is 19.1 Å². The van der Waals surface area contributed by atoms with Crippen LogP contribution in [0.25, 0.3) is 11.1 Å².